The van der Waals surface area contributed by atoms with Crippen molar-refractivity contribution in [3.8, 4) is 0 Å². The lowest BCUT2D eigenvalue weighted by Crippen LogP contribution is -2.16. The van der Waals surface area contributed by atoms with Crippen molar-refractivity contribution in [2.24, 2.45) is 5.92 Å². The van der Waals surface area contributed by atoms with Crippen LogP contribution in [0, 0.1) is 5.92 Å². The Balaban J connectivity index is 2.57. The number of aromatic nitrogens is 3. The Bertz CT molecular complexity index is 506. The molecule has 0 bridgehead atoms. The number of imidazole rings is 1. The van der Waals surface area contributed by atoms with Crippen LogP contribution in [0.5, 0.6) is 0 Å². The van der Waals surface area contributed by atoms with Crippen LogP contribution in [0.1, 0.15) is 39.1 Å². The largest absolute Gasteiger partial charge is 0.309 e. The minimum atomic E-state index is 0.369. The predicted octanol–water partition coefficient (Wildman–Crippen LogP) is 3.78. The number of pyridine rings is 1. The minimum absolute atomic E-state index is 0.369. The Morgan fingerprint density at radius 3 is 2.82 bits per heavy atom. The molecular weight excluding hydrogens is 234 g/mol. The summed E-state index contributed by atoms with van der Waals surface area (Å²) in [4.78, 5) is 8.97. The van der Waals surface area contributed by atoms with Crippen LogP contribution in [-0.4, -0.2) is 14.5 Å². The van der Waals surface area contributed by atoms with Gasteiger partial charge < -0.3 is 4.57 Å². The van der Waals surface area contributed by atoms with Gasteiger partial charge in [0.1, 0.15) is 11.3 Å². The van der Waals surface area contributed by atoms with E-state index in [4.69, 9.17) is 11.6 Å². The molecule has 0 radical (unpaired) electrons. The fraction of sp³-hybridized carbons (Fsp3) is 0.538. The maximum absolute atomic E-state index is 5.98. The van der Waals surface area contributed by atoms with Crippen LogP contribution >= 0.6 is 11.6 Å². The second kappa shape index (κ2) is 5.05. The van der Waals surface area contributed by atoms with Crippen LogP contribution in [0.15, 0.2) is 18.3 Å². The van der Waals surface area contributed by atoms with Gasteiger partial charge in [-0.2, -0.15) is 0 Å². The molecule has 0 aromatic carbocycles. The number of nitrogens with zero attached hydrogens (tertiary/aromatic N) is 3. The van der Waals surface area contributed by atoms with Gasteiger partial charge in [0.05, 0.1) is 5.88 Å². The van der Waals surface area contributed by atoms with Crippen molar-refractivity contribution >= 4 is 22.8 Å². The number of fused-ring (bicyclic) bond motifs is 1. The first-order valence-corrected chi connectivity index (χ1v) is 6.60. The molecule has 2 atom stereocenters. The lowest BCUT2D eigenvalue weighted by atomic mass is 10.0. The standard InChI is InChI=1S/C13H18ClN3/c1-4-9(2)10(3)17-12(8-14)16-11-6-5-7-15-13(11)17/h5-7,9-10H,4,8H2,1-3H3. The van der Waals surface area contributed by atoms with Crippen LogP contribution in [-0.2, 0) is 5.88 Å². The van der Waals surface area contributed by atoms with E-state index in [1.807, 2.05) is 18.3 Å². The molecule has 2 heterocycles. The van der Waals surface area contributed by atoms with Gasteiger partial charge in [0, 0.05) is 12.2 Å². The summed E-state index contributed by atoms with van der Waals surface area (Å²) >= 11 is 5.98. The van der Waals surface area contributed by atoms with E-state index in [1.54, 1.807) is 0 Å². The zero-order chi connectivity index (χ0) is 12.4. The average Bonchev–Trinajstić information content (AvgIpc) is 2.75. The molecule has 0 N–H and O–H groups in total. The van der Waals surface area contributed by atoms with Gasteiger partial charge in [-0.1, -0.05) is 20.3 Å². The topological polar surface area (TPSA) is 30.7 Å². The zero-order valence-electron chi connectivity index (χ0n) is 10.5. The monoisotopic (exact) mass is 251 g/mol. The summed E-state index contributed by atoms with van der Waals surface area (Å²) < 4.78 is 2.18. The maximum Gasteiger partial charge on any atom is 0.160 e. The van der Waals surface area contributed by atoms with Gasteiger partial charge in [-0.05, 0) is 25.0 Å². The third-order valence-electron chi connectivity index (χ3n) is 3.52. The van der Waals surface area contributed by atoms with Gasteiger partial charge in [-0.3, -0.25) is 0 Å². The highest BCUT2D eigenvalue weighted by Crippen LogP contribution is 2.27. The molecule has 0 aliphatic carbocycles. The molecule has 17 heavy (non-hydrogen) atoms. The van der Waals surface area contributed by atoms with Crippen LogP contribution < -0.4 is 0 Å². The SMILES string of the molecule is CCC(C)C(C)n1c(CCl)nc2cccnc21. The molecule has 2 unspecified atom stereocenters. The molecule has 0 aliphatic heterocycles. The van der Waals surface area contributed by atoms with E-state index in [9.17, 15) is 0 Å². The highest BCUT2D eigenvalue weighted by atomic mass is 35.5. The molecule has 0 saturated heterocycles. The number of hydrogen-bond acceptors (Lipinski definition) is 2. The van der Waals surface area contributed by atoms with Crippen molar-refractivity contribution in [3.05, 3.63) is 24.2 Å². The van der Waals surface area contributed by atoms with Gasteiger partial charge in [0.2, 0.25) is 0 Å². The van der Waals surface area contributed by atoms with E-state index < -0.39 is 0 Å². The number of rotatable bonds is 4. The summed E-state index contributed by atoms with van der Waals surface area (Å²) in [5.74, 6) is 1.92. The van der Waals surface area contributed by atoms with Crippen LogP contribution in [0.25, 0.3) is 11.2 Å². The summed E-state index contributed by atoms with van der Waals surface area (Å²) in [6.45, 7) is 6.66. The normalized spacial score (nSPS) is 15.1. The van der Waals surface area contributed by atoms with E-state index in [0.717, 1.165) is 23.4 Å². The molecule has 0 fully saturated rings. The molecule has 0 spiro atoms. The first-order valence-electron chi connectivity index (χ1n) is 6.06. The van der Waals surface area contributed by atoms with E-state index >= 15 is 0 Å². The third kappa shape index (κ3) is 2.16. The molecular formula is C13H18ClN3. The second-order valence-electron chi connectivity index (χ2n) is 4.50. The molecule has 4 heteroatoms. The predicted molar refractivity (Wildman–Crippen MR) is 71.3 cm³/mol. The Morgan fingerprint density at radius 2 is 2.18 bits per heavy atom. The van der Waals surface area contributed by atoms with Gasteiger partial charge in [0.25, 0.3) is 0 Å². The van der Waals surface area contributed by atoms with Crippen molar-refractivity contribution in [1.82, 2.24) is 14.5 Å². The summed E-state index contributed by atoms with van der Waals surface area (Å²) in [7, 11) is 0. The molecule has 2 aromatic heterocycles. The Morgan fingerprint density at radius 1 is 1.41 bits per heavy atom. The van der Waals surface area contributed by atoms with E-state index in [0.29, 0.717) is 17.8 Å². The highest BCUT2D eigenvalue weighted by molar-refractivity contribution is 6.16. The number of halogens is 1. The summed E-state index contributed by atoms with van der Waals surface area (Å²) in [6, 6.07) is 4.26. The molecule has 0 aliphatic rings. The van der Waals surface area contributed by atoms with Crippen LogP contribution in [0.2, 0.25) is 0 Å². The van der Waals surface area contributed by atoms with Crippen molar-refractivity contribution < 1.29 is 0 Å². The maximum atomic E-state index is 5.98. The minimum Gasteiger partial charge on any atom is -0.309 e. The van der Waals surface area contributed by atoms with Crippen LogP contribution in [0.3, 0.4) is 0 Å². The van der Waals surface area contributed by atoms with E-state index in [1.165, 1.54) is 0 Å². The van der Waals surface area contributed by atoms with Crippen molar-refractivity contribution in [2.45, 2.75) is 39.1 Å². The zero-order valence-corrected chi connectivity index (χ0v) is 11.3. The van der Waals surface area contributed by atoms with Gasteiger partial charge >= 0.3 is 0 Å². The molecule has 92 valence electrons. The van der Waals surface area contributed by atoms with Gasteiger partial charge in [-0.15, -0.1) is 11.6 Å². The van der Waals surface area contributed by atoms with Crippen LogP contribution in [0.4, 0.5) is 0 Å². The van der Waals surface area contributed by atoms with Gasteiger partial charge in [-0.25, -0.2) is 9.97 Å². The summed E-state index contributed by atoms with van der Waals surface area (Å²) in [5.41, 5.74) is 1.87. The molecule has 3 nitrogen and oxygen atoms in total. The second-order valence-corrected chi connectivity index (χ2v) is 4.77. The lowest BCUT2D eigenvalue weighted by Gasteiger charge is -2.22. The fourth-order valence-electron chi connectivity index (χ4n) is 2.09. The first-order chi connectivity index (χ1) is 8.19. The lowest BCUT2D eigenvalue weighted by molar-refractivity contribution is 0.370. The Labute approximate surface area is 107 Å². The smallest absolute Gasteiger partial charge is 0.160 e. The van der Waals surface area contributed by atoms with Crippen molar-refractivity contribution in [2.75, 3.05) is 0 Å². The number of hydrogen-bond donors (Lipinski definition) is 0. The van der Waals surface area contributed by atoms with E-state index in [-0.39, 0.29) is 0 Å². The summed E-state index contributed by atoms with van der Waals surface area (Å²) in [6.07, 6.45) is 2.94. The molecule has 0 saturated carbocycles. The molecule has 2 aromatic rings. The average molecular weight is 252 g/mol. The quantitative estimate of drug-likeness (QED) is 0.775. The van der Waals surface area contributed by atoms with E-state index in [2.05, 4.69) is 35.3 Å². The highest BCUT2D eigenvalue weighted by Gasteiger charge is 2.19. The van der Waals surface area contributed by atoms with Gasteiger partial charge in [0.15, 0.2) is 5.65 Å². The van der Waals surface area contributed by atoms with Crippen molar-refractivity contribution in [1.29, 1.82) is 0 Å². The first kappa shape index (κ1) is 12.4. The molecule has 0 amide bonds. The Kier molecular flexibility index (Phi) is 3.67. The fourth-order valence-corrected chi connectivity index (χ4v) is 2.28. The summed E-state index contributed by atoms with van der Waals surface area (Å²) in [5, 5.41) is 0. The molecule has 2 rings (SSSR count). The third-order valence-corrected chi connectivity index (χ3v) is 3.76. The number of alkyl halides is 1. The van der Waals surface area contributed by atoms with Crippen molar-refractivity contribution in [3.63, 3.8) is 0 Å². The Hall–Kier alpha value is -1.09.